The Morgan fingerprint density at radius 2 is 2.00 bits per heavy atom. The smallest absolute Gasteiger partial charge is 0.206 e. The predicted octanol–water partition coefficient (Wildman–Crippen LogP) is 3.27. The van der Waals surface area contributed by atoms with Crippen molar-refractivity contribution in [2.24, 2.45) is 0 Å². The van der Waals surface area contributed by atoms with Crippen LogP contribution in [0.25, 0.3) is 0 Å². The van der Waals surface area contributed by atoms with E-state index in [1.807, 2.05) is 0 Å². The highest BCUT2D eigenvalue weighted by Crippen LogP contribution is 2.29. The zero-order valence-electron chi connectivity index (χ0n) is 7.82. The first-order chi connectivity index (χ1) is 6.82. The minimum absolute atomic E-state index is 0.150. The summed E-state index contributed by atoms with van der Waals surface area (Å²) in [6.07, 6.45) is 0.128. The van der Waals surface area contributed by atoms with Crippen LogP contribution >= 0.6 is 0 Å². The fourth-order valence-corrected chi connectivity index (χ4v) is 0.750. The van der Waals surface area contributed by atoms with Gasteiger partial charge in [-0.1, -0.05) is 11.5 Å². The summed E-state index contributed by atoms with van der Waals surface area (Å²) < 4.78 is 49.2. The summed E-state index contributed by atoms with van der Waals surface area (Å²) in [6.45, 7) is 1.34. The van der Waals surface area contributed by atoms with E-state index in [-0.39, 0.29) is 12.0 Å². The first-order valence-electron chi connectivity index (χ1n) is 3.80. The monoisotopic (exact) mass is 217 g/mol. The summed E-state index contributed by atoms with van der Waals surface area (Å²) in [5.41, 5.74) is -1.49. The van der Waals surface area contributed by atoms with E-state index in [1.165, 1.54) is 12.8 Å². The van der Waals surface area contributed by atoms with Crippen molar-refractivity contribution in [2.45, 2.75) is 19.5 Å². The van der Waals surface area contributed by atoms with Gasteiger partial charge in [-0.25, -0.2) is 4.39 Å². The molecule has 0 radical (unpaired) electrons. The van der Waals surface area contributed by atoms with Gasteiger partial charge in [-0.3, -0.25) is 0 Å². The quantitative estimate of drug-likeness (QED) is 0.395. The van der Waals surface area contributed by atoms with E-state index in [1.54, 1.807) is 6.07 Å². The lowest BCUT2D eigenvalue weighted by atomic mass is 10.1. The van der Waals surface area contributed by atoms with Gasteiger partial charge in [0.25, 0.3) is 0 Å². The Morgan fingerprint density at radius 3 is 2.33 bits per heavy atom. The van der Waals surface area contributed by atoms with Gasteiger partial charge in [0.2, 0.25) is 0 Å². The molecule has 5 heteroatoms. The maximum atomic E-state index is 13.0. The minimum Gasteiger partial charge on any atom is -0.206 e. The third kappa shape index (κ3) is 4.33. The second kappa shape index (κ2) is 5.21. The molecule has 0 spiro atoms. The lowest BCUT2D eigenvalue weighted by Gasteiger charge is -2.05. The Balaban J connectivity index is 5.20. The molecule has 0 aliphatic rings. The van der Waals surface area contributed by atoms with Gasteiger partial charge in [-0.15, -0.1) is 6.42 Å². The number of rotatable bonds is 2. The molecule has 0 unspecified atom stereocenters. The molecule has 15 heavy (non-hydrogen) atoms. The van der Waals surface area contributed by atoms with Crippen LogP contribution in [0.3, 0.4) is 0 Å². The summed E-state index contributed by atoms with van der Waals surface area (Å²) in [5.74, 6) is -0.302. The topological polar surface area (TPSA) is 23.8 Å². The highest BCUT2D eigenvalue weighted by molar-refractivity contribution is 5.38. The van der Waals surface area contributed by atoms with E-state index >= 15 is 0 Å². The number of nitriles is 1. The van der Waals surface area contributed by atoms with Gasteiger partial charge in [0.05, 0.1) is 12.5 Å². The Bertz CT molecular complexity index is 374. The van der Waals surface area contributed by atoms with E-state index in [0.717, 1.165) is 0 Å². The van der Waals surface area contributed by atoms with Crippen LogP contribution in [0.15, 0.2) is 23.0 Å². The van der Waals surface area contributed by atoms with Gasteiger partial charge in [0, 0.05) is 0 Å². The number of alkyl halides is 3. The van der Waals surface area contributed by atoms with E-state index < -0.39 is 17.6 Å². The molecule has 0 aromatic heterocycles. The van der Waals surface area contributed by atoms with Gasteiger partial charge in [-0.2, -0.15) is 18.4 Å². The van der Waals surface area contributed by atoms with Crippen molar-refractivity contribution in [3.8, 4) is 18.4 Å². The van der Waals surface area contributed by atoms with E-state index in [0.29, 0.717) is 6.08 Å². The van der Waals surface area contributed by atoms with Gasteiger partial charge < -0.3 is 0 Å². The molecule has 1 nitrogen and oxygen atoms in total. The summed E-state index contributed by atoms with van der Waals surface area (Å²) >= 11 is 0. The molecule has 0 aliphatic heterocycles. The van der Waals surface area contributed by atoms with Gasteiger partial charge in [0.1, 0.15) is 11.4 Å². The summed E-state index contributed by atoms with van der Waals surface area (Å²) in [4.78, 5) is 0. The molecule has 0 atom stereocenters. The SMILES string of the molecule is C#C/C(=C(F)\C=C(/C)CC#N)C(F)(F)F. The summed E-state index contributed by atoms with van der Waals surface area (Å²) in [7, 11) is 0. The maximum Gasteiger partial charge on any atom is 0.427 e. The Kier molecular flexibility index (Phi) is 4.60. The second-order valence-corrected chi connectivity index (χ2v) is 2.69. The number of nitrogens with zero attached hydrogens (tertiary/aromatic N) is 1. The third-order valence-corrected chi connectivity index (χ3v) is 1.40. The average Bonchev–Trinajstić information content (AvgIpc) is 2.02. The molecule has 0 rings (SSSR count). The van der Waals surface area contributed by atoms with Crippen molar-refractivity contribution in [3.05, 3.63) is 23.0 Å². The first-order valence-corrected chi connectivity index (χ1v) is 3.80. The van der Waals surface area contributed by atoms with E-state index in [9.17, 15) is 17.6 Å². The Hall–Kier alpha value is -1.75. The van der Waals surface area contributed by atoms with Crippen molar-refractivity contribution in [1.29, 1.82) is 5.26 Å². The number of halogens is 4. The van der Waals surface area contributed by atoms with Crippen LogP contribution in [0.5, 0.6) is 0 Å². The number of hydrogen-bond acceptors (Lipinski definition) is 1. The lowest BCUT2D eigenvalue weighted by Crippen LogP contribution is -2.11. The highest BCUT2D eigenvalue weighted by Gasteiger charge is 2.35. The Labute approximate surface area is 84.7 Å². The van der Waals surface area contributed by atoms with Crippen molar-refractivity contribution in [1.82, 2.24) is 0 Å². The highest BCUT2D eigenvalue weighted by atomic mass is 19.4. The zero-order chi connectivity index (χ0) is 12.1. The molecule has 0 aromatic carbocycles. The predicted molar refractivity (Wildman–Crippen MR) is 47.0 cm³/mol. The standard InChI is InChI=1S/C10H7F4N/c1-3-8(10(12,13)14)9(11)6-7(2)4-5-15/h1,6H,4H2,2H3/b7-6+,9-8-. The molecule has 0 aromatic rings. The van der Waals surface area contributed by atoms with Crippen molar-refractivity contribution >= 4 is 0 Å². The van der Waals surface area contributed by atoms with Crippen LogP contribution in [-0.2, 0) is 0 Å². The van der Waals surface area contributed by atoms with Crippen molar-refractivity contribution in [3.63, 3.8) is 0 Å². The number of allylic oxidation sites excluding steroid dienone is 4. The van der Waals surface area contributed by atoms with Crippen LogP contribution in [0, 0.1) is 23.7 Å². The van der Waals surface area contributed by atoms with Crippen molar-refractivity contribution < 1.29 is 17.6 Å². The van der Waals surface area contributed by atoms with Gasteiger partial charge in [-0.05, 0) is 13.0 Å². The fourth-order valence-electron chi connectivity index (χ4n) is 0.750. The summed E-state index contributed by atoms with van der Waals surface area (Å²) in [5, 5.41) is 8.21. The molecule has 80 valence electrons. The molecule has 0 heterocycles. The van der Waals surface area contributed by atoms with Crippen LogP contribution in [0.2, 0.25) is 0 Å². The molecule has 0 aliphatic carbocycles. The summed E-state index contributed by atoms with van der Waals surface area (Å²) in [6, 6.07) is 1.68. The van der Waals surface area contributed by atoms with Crippen LogP contribution in [0.1, 0.15) is 13.3 Å². The first kappa shape index (κ1) is 13.2. The third-order valence-electron chi connectivity index (χ3n) is 1.40. The molecule has 0 fully saturated rings. The average molecular weight is 217 g/mol. The molecular formula is C10H7F4N. The molecule has 0 bridgehead atoms. The lowest BCUT2D eigenvalue weighted by molar-refractivity contribution is -0.0886. The normalized spacial score (nSPS) is 13.9. The maximum absolute atomic E-state index is 13.0. The van der Waals surface area contributed by atoms with Gasteiger partial charge >= 0.3 is 6.18 Å². The van der Waals surface area contributed by atoms with Crippen LogP contribution in [-0.4, -0.2) is 6.18 Å². The fraction of sp³-hybridized carbons (Fsp3) is 0.300. The second-order valence-electron chi connectivity index (χ2n) is 2.69. The van der Waals surface area contributed by atoms with E-state index in [2.05, 4.69) is 6.42 Å². The minimum atomic E-state index is -4.89. The Morgan fingerprint density at radius 1 is 1.47 bits per heavy atom. The number of hydrogen-bond donors (Lipinski definition) is 0. The van der Waals surface area contributed by atoms with Crippen molar-refractivity contribution in [2.75, 3.05) is 0 Å². The molecule has 0 saturated heterocycles. The molecule has 0 N–H and O–H groups in total. The van der Waals surface area contributed by atoms with Crippen LogP contribution in [0.4, 0.5) is 17.6 Å². The zero-order valence-corrected chi connectivity index (χ0v) is 7.82. The molecular weight excluding hydrogens is 210 g/mol. The van der Waals surface area contributed by atoms with Gasteiger partial charge in [0.15, 0.2) is 0 Å². The number of terminal acetylenes is 1. The largest absolute Gasteiger partial charge is 0.427 e. The molecule has 0 amide bonds. The van der Waals surface area contributed by atoms with E-state index in [4.69, 9.17) is 5.26 Å². The molecule has 0 saturated carbocycles. The van der Waals surface area contributed by atoms with Crippen LogP contribution < -0.4 is 0 Å².